The molecule has 12 heteroatoms. The summed E-state index contributed by atoms with van der Waals surface area (Å²) in [5.41, 5.74) is 0.140. The molecule has 0 atom stereocenters. The second-order valence-electron chi connectivity index (χ2n) is 6.21. The van der Waals surface area contributed by atoms with Crippen molar-refractivity contribution in [2.24, 2.45) is 0 Å². The van der Waals surface area contributed by atoms with E-state index in [1.54, 1.807) is 12.1 Å². The predicted octanol–water partition coefficient (Wildman–Crippen LogP) is 1.02. The smallest absolute Gasteiger partial charge is 0.271 e. The van der Waals surface area contributed by atoms with Gasteiger partial charge in [-0.1, -0.05) is 17.7 Å². The standard InChI is InChI=1S/C17H19N3O7S2/c1-12-3-5-15(6-4-12)29(26,27)19-8-7-18-17(21)13-9-14(20(22)23)11-16(10-13)28(2,24)25/h3-6,9-11,19H,7-8H2,1-2H3,(H,18,21). The first-order chi connectivity index (χ1) is 13.4. The number of carbonyl (C=O) groups excluding carboxylic acids is 1. The summed E-state index contributed by atoms with van der Waals surface area (Å²) in [4.78, 5) is 22.1. The van der Waals surface area contributed by atoms with E-state index in [9.17, 15) is 31.7 Å². The van der Waals surface area contributed by atoms with Gasteiger partial charge in [0, 0.05) is 37.0 Å². The van der Waals surface area contributed by atoms with Crippen LogP contribution in [0.3, 0.4) is 0 Å². The number of rotatable bonds is 8. The number of aryl methyl sites for hydroxylation is 1. The minimum Gasteiger partial charge on any atom is -0.351 e. The van der Waals surface area contributed by atoms with Gasteiger partial charge in [0.05, 0.1) is 14.7 Å². The highest BCUT2D eigenvalue weighted by Crippen LogP contribution is 2.21. The van der Waals surface area contributed by atoms with Crippen molar-refractivity contribution in [3.8, 4) is 0 Å². The molecular weight excluding hydrogens is 422 g/mol. The van der Waals surface area contributed by atoms with Gasteiger partial charge >= 0.3 is 0 Å². The molecule has 10 nitrogen and oxygen atoms in total. The molecule has 2 aromatic rings. The van der Waals surface area contributed by atoms with Gasteiger partial charge in [0.25, 0.3) is 11.6 Å². The van der Waals surface area contributed by atoms with Crippen LogP contribution in [0.1, 0.15) is 15.9 Å². The van der Waals surface area contributed by atoms with Gasteiger partial charge in [-0.25, -0.2) is 21.6 Å². The SMILES string of the molecule is Cc1ccc(S(=O)(=O)NCCNC(=O)c2cc([N+](=O)[O-])cc(S(C)(=O)=O)c2)cc1. The Labute approximate surface area is 168 Å². The van der Waals surface area contributed by atoms with Gasteiger partial charge in [-0.3, -0.25) is 14.9 Å². The number of nitro benzene ring substituents is 1. The van der Waals surface area contributed by atoms with Crippen molar-refractivity contribution in [3.05, 3.63) is 63.7 Å². The predicted molar refractivity (Wildman–Crippen MR) is 105 cm³/mol. The molecule has 0 heterocycles. The van der Waals surface area contributed by atoms with Crippen LogP contribution < -0.4 is 10.0 Å². The second-order valence-corrected chi connectivity index (χ2v) is 9.99. The Hall–Kier alpha value is -2.83. The highest BCUT2D eigenvalue weighted by Gasteiger charge is 2.19. The lowest BCUT2D eigenvalue weighted by Crippen LogP contribution is -2.34. The van der Waals surface area contributed by atoms with Crippen molar-refractivity contribution in [1.29, 1.82) is 0 Å². The van der Waals surface area contributed by atoms with Crippen LogP contribution in [0.4, 0.5) is 5.69 Å². The maximum absolute atomic E-state index is 12.2. The summed E-state index contributed by atoms with van der Waals surface area (Å²) in [6.07, 6.45) is 0.869. The number of hydrogen-bond acceptors (Lipinski definition) is 7. The zero-order chi connectivity index (χ0) is 21.8. The third-order valence-corrected chi connectivity index (χ3v) is 6.40. The summed E-state index contributed by atoms with van der Waals surface area (Å²) in [6.45, 7) is 1.58. The van der Waals surface area contributed by atoms with E-state index >= 15 is 0 Å². The Balaban J connectivity index is 2.05. The lowest BCUT2D eigenvalue weighted by molar-refractivity contribution is -0.385. The maximum atomic E-state index is 12.2. The molecule has 0 bridgehead atoms. The zero-order valence-corrected chi connectivity index (χ0v) is 17.2. The van der Waals surface area contributed by atoms with Crippen molar-refractivity contribution < 1.29 is 26.6 Å². The first-order valence-electron chi connectivity index (χ1n) is 8.24. The number of sulfone groups is 1. The Morgan fingerprint density at radius 3 is 2.17 bits per heavy atom. The number of amides is 1. The summed E-state index contributed by atoms with van der Waals surface area (Å²) >= 11 is 0. The molecule has 29 heavy (non-hydrogen) atoms. The van der Waals surface area contributed by atoms with Crippen LogP contribution in [-0.2, 0) is 19.9 Å². The van der Waals surface area contributed by atoms with Crippen LogP contribution >= 0.6 is 0 Å². The number of nitro groups is 1. The fraction of sp³-hybridized carbons (Fsp3) is 0.235. The minimum absolute atomic E-state index is 0.0749. The fourth-order valence-electron chi connectivity index (χ4n) is 2.30. The van der Waals surface area contributed by atoms with E-state index in [2.05, 4.69) is 10.0 Å². The molecule has 0 aromatic heterocycles. The lowest BCUT2D eigenvalue weighted by Gasteiger charge is -2.09. The molecular formula is C17H19N3O7S2. The maximum Gasteiger partial charge on any atom is 0.271 e. The van der Waals surface area contributed by atoms with E-state index in [0.717, 1.165) is 30.0 Å². The van der Waals surface area contributed by atoms with Gasteiger partial charge < -0.3 is 5.32 Å². The van der Waals surface area contributed by atoms with Crippen LogP contribution in [0.15, 0.2) is 52.3 Å². The van der Waals surface area contributed by atoms with Gasteiger partial charge in [-0.2, -0.15) is 0 Å². The quantitative estimate of drug-likeness (QED) is 0.352. The largest absolute Gasteiger partial charge is 0.351 e. The number of hydrogen-bond donors (Lipinski definition) is 2. The number of nitrogens with zero attached hydrogens (tertiary/aromatic N) is 1. The topological polar surface area (TPSA) is 153 Å². The average Bonchev–Trinajstić information content (AvgIpc) is 2.64. The summed E-state index contributed by atoms with van der Waals surface area (Å²) in [7, 11) is -7.52. The molecule has 2 rings (SSSR count). The van der Waals surface area contributed by atoms with Crippen molar-refractivity contribution in [1.82, 2.24) is 10.0 Å². The van der Waals surface area contributed by atoms with Gasteiger partial charge in [0.15, 0.2) is 9.84 Å². The molecule has 156 valence electrons. The first kappa shape index (κ1) is 22.5. The van der Waals surface area contributed by atoms with E-state index in [-0.39, 0.29) is 28.4 Å². The summed E-state index contributed by atoms with van der Waals surface area (Å²) < 4.78 is 50.0. The molecule has 0 unspecified atom stereocenters. The third-order valence-electron chi connectivity index (χ3n) is 3.83. The third kappa shape index (κ3) is 6.07. The molecule has 0 saturated heterocycles. The van der Waals surface area contributed by atoms with E-state index in [4.69, 9.17) is 0 Å². The fourth-order valence-corrected chi connectivity index (χ4v) is 4.01. The van der Waals surface area contributed by atoms with Gasteiger partial charge in [0.1, 0.15) is 0 Å². The molecule has 2 aromatic carbocycles. The molecule has 0 aliphatic carbocycles. The summed E-state index contributed by atoms with van der Waals surface area (Å²) in [5.74, 6) is -0.770. The van der Waals surface area contributed by atoms with Crippen LogP contribution in [-0.4, -0.2) is 47.0 Å². The summed E-state index contributed by atoms with van der Waals surface area (Å²) in [5, 5.41) is 13.4. The van der Waals surface area contributed by atoms with E-state index in [1.807, 2.05) is 6.92 Å². The molecule has 0 radical (unpaired) electrons. The minimum atomic E-state index is -3.77. The monoisotopic (exact) mass is 441 g/mol. The Bertz CT molecular complexity index is 1140. The Kier molecular flexibility index (Phi) is 6.72. The number of non-ortho nitro benzene ring substituents is 1. The highest BCUT2D eigenvalue weighted by molar-refractivity contribution is 7.90. The molecule has 0 aliphatic rings. The van der Waals surface area contributed by atoms with Crippen LogP contribution in [0.2, 0.25) is 0 Å². The van der Waals surface area contributed by atoms with Gasteiger partial charge in [-0.15, -0.1) is 0 Å². The molecule has 0 spiro atoms. The van der Waals surface area contributed by atoms with E-state index in [0.29, 0.717) is 0 Å². The van der Waals surface area contributed by atoms with Crippen molar-refractivity contribution >= 4 is 31.5 Å². The second kappa shape index (κ2) is 8.68. The molecule has 0 aliphatic heterocycles. The Morgan fingerprint density at radius 1 is 1.00 bits per heavy atom. The molecule has 0 saturated carbocycles. The van der Waals surface area contributed by atoms with Crippen molar-refractivity contribution in [3.63, 3.8) is 0 Å². The molecule has 2 N–H and O–H groups in total. The Morgan fingerprint density at radius 2 is 1.62 bits per heavy atom. The lowest BCUT2D eigenvalue weighted by atomic mass is 10.2. The van der Waals surface area contributed by atoms with Crippen LogP contribution in [0, 0.1) is 17.0 Å². The first-order valence-corrected chi connectivity index (χ1v) is 11.6. The number of nitrogens with one attached hydrogen (secondary N) is 2. The number of benzene rings is 2. The van der Waals surface area contributed by atoms with Crippen LogP contribution in [0.5, 0.6) is 0 Å². The van der Waals surface area contributed by atoms with Gasteiger partial charge in [0.2, 0.25) is 10.0 Å². The highest BCUT2D eigenvalue weighted by atomic mass is 32.2. The van der Waals surface area contributed by atoms with Crippen molar-refractivity contribution in [2.45, 2.75) is 16.7 Å². The normalized spacial score (nSPS) is 11.8. The number of sulfonamides is 1. The van der Waals surface area contributed by atoms with Crippen LogP contribution in [0.25, 0.3) is 0 Å². The van der Waals surface area contributed by atoms with E-state index < -0.39 is 36.4 Å². The molecule has 0 fully saturated rings. The van der Waals surface area contributed by atoms with Gasteiger partial charge in [-0.05, 0) is 25.1 Å². The average molecular weight is 441 g/mol. The summed E-state index contributed by atoms with van der Waals surface area (Å²) in [6, 6.07) is 9.03. The molecule has 1 amide bonds. The van der Waals surface area contributed by atoms with Crippen molar-refractivity contribution in [2.75, 3.05) is 19.3 Å². The number of carbonyl (C=O) groups is 1. The van der Waals surface area contributed by atoms with E-state index in [1.165, 1.54) is 12.1 Å². The zero-order valence-electron chi connectivity index (χ0n) is 15.6.